The van der Waals surface area contributed by atoms with E-state index < -0.39 is 0 Å². The van der Waals surface area contributed by atoms with Crippen LogP contribution in [-0.2, 0) is 0 Å². The fourth-order valence-electron chi connectivity index (χ4n) is 3.24. The molecule has 2 fully saturated rings. The van der Waals surface area contributed by atoms with Crippen LogP contribution in [0.1, 0.15) is 44.9 Å². The maximum Gasteiger partial charge on any atom is 0.108 e. The highest BCUT2D eigenvalue weighted by Gasteiger charge is 2.39. The summed E-state index contributed by atoms with van der Waals surface area (Å²) in [6, 6.07) is 4.08. The molecule has 3 nitrogen and oxygen atoms in total. The van der Waals surface area contributed by atoms with E-state index in [0.29, 0.717) is 6.04 Å². The smallest absolute Gasteiger partial charge is 0.108 e. The van der Waals surface area contributed by atoms with Gasteiger partial charge < -0.3 is 4.90 Å². The average molecular weight is 235 g/mol. The molecule has 3 heteroatoms. The molecule has 2 saturated carbocycles. The summed E-state index contributed by atoms with van der Waals surface area (Å²) in [5, 5.41) is 9.40. The van der Waals surface area contributed by atoms with E-state index in [1.54, 1.807) is 0 Å². The first kappa shape index (κ1) is 12.9. The molecule has 0 spiro atoms. The zero-order valence-corrected chi connectivity index (χ0v) is 11.4. The molecule has 2 aliphatic carbocycles. The molecule has 0 heterocycles. The maximum atomic E-state index is 9.40. The van der Waals surface area contributed by atoms with Gasteiger partial charge in [0, 0.05) is 12.1 Å². The number of rotatable bonds is 3. The van der Waals surface area contributed by atoms with Crippen molar-refractivity contribution < 1.29 is 0 Å². The Hall–Kier alpha value is -0.590. The van der Waals surface area contributed by atoms with Gasteiger partial charge >= 0.3 is 0 Å². The maximum absolute atomic E-state index is 9.40. The zero-order valence-electron chi connectivity index (χ0n) is 11.4. The van der Waals surface area contributed by atoms with E-state index in [0.717, 1.165) is 18.9 Å². The van der Waals surface area contributed by atoms with Crippen molar-refractivity contribution in [1.82, 2.24) is 9.80 Å². The summed E-state index contributed by atoms with van der Waals surface area (Å²) < 4.78 is 0. The number of nitrogens with zero attached hydrogens (tertiary/aromatic N) is 3. The van der Waals surface area contributed by atoms with Crippen LogP contribution < -0.4 is 0 Å². The summed E-state index contributed by atoms with van der Waals surface area (Å²) in [7, 11) is 6.36. The molecular weight excluding hydrogens is 210 g/mol. The highest BCUT2D eigenvalue weighted by molar-refractivity contribution is 5.10. The first-order valence-corrected chi connectivity index (χ1v) is 6.90. The summed E-state index contributed by atoms with van der Waals surface area (Å²) in [6.07, 6.45) is 8.57. The van der Waals surface area contributed by atoms with Crippen LogP contribution in [0.2, 0.25) is 0 Å². The van der Waals surface area contributed by atoms with Crippen LogP contribution in [0.5, 0.6) is 0 Å². The van der Waals surface area contributed by atoms with Gasteiger partial charge in [0.2, 0.25) is 0 Å². The van der Waals surface area contributed by atoms with Crippen molar-refractivity contribution in [2.75, 3.05) is 21.1 Å². The van der Waals surface area contributed by atoms with Gasteiger partial charge in [-0.15, -0.1) is 0 Å². The first-order valence-electron chi connectivity index (χ1n) is 6.90. The average Bonchev–Trinajstić information content (AvgIpc) is 2.26. The Bertz CT molecular complexity index is 293. The molecular formula is C14H25N3. The lowest BCUT2D eigenvalue weighted by Crippen LogP contribution is -2.51. The fraction of sp³-hybridized carbons (Fsp3) is 0.929. The van der Waals surface area contributed by atoms with Crippen LogP contribution >= 0.6 is 0 Å². The Kier molecular flexibility index (Phi) is 3.75. The SMILES string of the molecule is CN(C1CCC1)C1CCC(C#N)(N(C)C)CC1. The molecule has 2 rings (SSSR count). The lowest BCUT2D eigenvalue weighted by molar-refractivity contribution is 0.0521. The molecule has 0 aromatic rings. The van der Waals surface area contributed by atoms with Gasteiger partial charge in [-0.1, -0.05) is 6.42 Å². The third kappa shape index (κ3) is 2.34. The van der Waals surface area contributed by atoms with Gasteiger partial charge in [-0.3, -0.25) is 4.90 Å². The molecule has 0 bridgehead atoms. The van der Waals surface area contributed by atoms with Gasteiger partial charge in [0.15, 0.2) is 0 Å². The molecule has 0 aromatic heterocycles. The highest BCUT2D eigenvalue weighted by Crippen LogP contribution is 2.36. The standard InChI is InChI=1S/C14H25N3/c1-16(2)14(11-15)9-7-13(8-10-14)17(3)12-5-4-6-12/h12-13H,4-10H2,1-3H3. The predicted octanol–water partition coefficient (Wildman–Crippen LogP) is 2.24. The summed E-state index contributed by atoms with van der Waals surface area (Å²) in [5.74, 6) is 0. The van der Waals surface area contributed by atoms with E-state index in [1.807, 2.05) is 14.1 Å². The van der Waals surface area contributed by atoms with Crippen LogP contribution in [-0.4, -0.2) is 48.6 Å². The van der Waals surface area contributed by atoms with Gasteiger partial charge in [0.25, 0.3) is 0 Å². The third-order valence-corrected chi connectivity index (χ3v) is 5.07. The molecule has 0 unspecified atom stereocenters. The molecule has 17 heavy (non-hydrogen) atoms. The van der Waals surface area contributed by atoms with Crippen LogP contribution in [0.4, 0.5) is 0 Å². The zero-order chi connectivity index (χ0) is 12.5. The summed E-state index contributed by atoms with van der Waals surface area (Å²) in [4.78, 5) is 4.70. The molecule has 0 atom stereocenters. The van der Waals surface area contributed by atoms with Crippen molar-refractivity contribution in [3.05, 3.63) is 0 Å². The van der Waals surface area contributed by atoms with Gasteiger partial charge in [-0.2, -0.15) is 5.26 Å². The second kappa shape index (κ2) is 4.96. The predicted molar refractivity (Wildman–Crippen MR) is 69.7 cm³/mol. The van der Waals surface area contributed by atoms with Crippen molar-refractivity contribution in [2.45, 2.75) is 62.6 Å². The highest BCUT2D eigenvalue weighted by atomic mass is 15.2. The molecule has 0 saturated heterocycles. The Labute approximate surface area is 105 Å². The lowest BCUT2D eigenvalue weighted by atomic mass is 9.78. The number of hydrogen-bond acceptors (Lipinski definition) is 3. The van der Waals surface area contributed by atoms with Crippen LogP contribution in [0.25, 0.3) is 0 Å². The van der Waals surface area contributed by atoms with Gasteiger partial charge in [0.1, 0.15) is 5.54 Å². The largest absolute Gasteiger partial charge is 0.300 e. The van der Waals surface area contributed by atoms with Crippen LogP contribution in [0.15, 0.2) is 0 Å². The molecule has 0 N–H and O–H groups in total. The van der Waals surface area contributed by atoms with E-state index in [2.05, 4.69) is 22.9 Å². The van der Waals surface area contributed by atoms with E-state index in [4.69, 9.17) is 0 Å². The molecule has 0 aromatic carbocycles. The Morgan fingerprint density at radius 1 is 1.00 bits per heavy atom. The first-order chi connectivity index (χ1) is 8.09. The van der Waals surface area contributed by atoms with Crippen molar-refractivity contribution >= 4 is 0 Å². The third-order valence-electron chi connectivity index (χ3n) is 5.07. The van der Waals surface area contributed by atoms with E-state index in [1.165, 1.54) is 32.1 Å². The Balaban J connectivity index is 1.91. The quantitative estimate of drug-likeness (QED) is 0.751. The molecule has 0 amide bonds. The van der Waals surface area contributed by atoms with Crippen molar-refractivity contribution in [1.29, 1.82) is 5.26 Å². The lowest BCUT2D eigenvalue weighted by Gasteiger charge is -2.46. The van der Waals surface area contributed by atoms with Crippen molar-refractivity contribution in [2.24, 2.45) is 0 Å². The van der Waals surface area contributed by atoms with E-state index in [-0.39, 0.29) is 5.54 Å². The number of hydrogen-bond donors (Lipinski definition) is 0. The number of nitriles is 1. The molecule has 0 aliphatic heterocycles. The second-order valence-electron chi connectivity index (χ2n) is 6.02. The monoisotopic (exact) mass is 235 g/mol. The Morgan fingerprint density at radius 2 is 1.53 bits per heavy atom. The van der Waals surface area contributed by atoms with E-state index in [9.17, 15) is 5.26 Å². The normalized spacial score (nSPS) is 34.7. The van der Waals surface area contributed by atoms with Crippen molar-refractivity contribution in [3.8, 4) is 6.07 Å². The molecule has 96 valence electrons. The minimum Gasteiger partial charge on any atom is -0.300 e. The topological polar surface area (TPSA) is 30.3 Å². The van der Waals surface area contributed by atoms with Crippen LogP contribution in [0.3, 0.4) is 0 Å². The van der Waals surface area contributed by atoms with Gasteiger partial charge in [-0.25, -0.2) is 0 Å². The second-order valence-corrected chi connectivity index (χ2v) is 6.02. The molecule has 2 aliphatic rings. The Morgan fingerprint density at radius 3 is 1.88 bits per heavy atom. The van der Waals surface area contributed by atoms with E-state index >= 15 is 0 Å². The molecule has 0 radical (unpaired) electrons. The van der Waals surface area contributed by atoms with Crippen LogP contribution in [0, 0.1) is 11.3 Å². The van der Waals surface area contributed by atoms with Crippen molar-refractivity contribution in [3.63, 3.8) is 0 Å². The minimum absolute atomic E-state index is 0.197. The fourth-order valence-corrected chi connectivity index (χ4v) is 3.24. The summed E-state index contributed by atoms with van der Waals surface area (Å²) >= 11 is 0. The summed E-state index contributed by atoms with van der Waals surface area (Å²) in [5.41, 5.74) is -0.197. The van der Waals surface area contributed by atoms with Gasteiger partial charge in [-0.05, 0) is 59.7 Å². The summed E-state index contributed by atoms with van der Waals surface area (Å²) in [6.45, 7) is 0. The minimum atomic E-state index is -0.197. The van der Waals surface area contributed by atoms with Gasteiger partial charge in [0.05, 0.1) is 6.07 Å².